The van der Waals surface area contributed by atoms with Gasteiger partial charge in [0.25, 0.3) is 0 Å². The van der Waals surface area contributed by atoms with Crippen LogP contribution in [0, 0.1) is 11.3 Å². The zero-order valence-corrected chi connectivity index (χ0v) is 13.4. The van der Waals surface area contributed by atoms with Crippen LogP contribution in [-0.2, 0) is 4.79 Å². The van der Waals surface area contributed by atoms with Crippen LogP contribution in [0.1, 0.15) is 25.0 Å². The third kappa shape index (κ3) is 2.94. The Kier molecular flexibility index (Phi) is 4.45. The largest absolute Gasteiger partial charge is 0.483 e. The molecule has 0 aromatic heterocycles. The van der Waals surface area contributed by atoms with Gasteiger partial charge in [-0.25, -0.2) is 0 Å². The van der Waals surface area contributed by atoms with Gasteiger partial charge >= 0.3 is 0 Å². The van der Waals surface area contributed by atoms with Crippen LogP contribution < -0.4 is 10.1 Å². The Morgan fingerprint density at radius 1 is 1.41 bits per heavy atom. The summed E-state index contributed by atoms with van der Waals surface area (Å²) >= 11 is 0. The minimum atomic E-state index is -0.484. The van der Waals surface area contributed by atoms with E-state index < -0.39 is 5.60 Å². The molecule has 0 bridgehead atoms. The molecule has 1 aromatic carbocycles. The summed E-state index contributed by atoms with van der Waals surface area (Å²) in [7, 11) is 0. The highest BCUT2D eigenvalue weighted by atomic mass is 35.5. The highest BCUT2D eigenvalue weighted by Crippen LogP contribution is 2.38. The lowest BCUT2D eigenvalue weighted by atomic mass is 9.96. The first-order chi connectivity index (χ1) is 10.00. The summed E-state index contributed by atoms with van der Waals surface area (Å²) in [6, 6.07) is 7.45. The lowest BCUT2D eigenvalue weighted by molar-refractivity contribution is -0.128. The average molecular weight is 320 g/mol. The molecule has 3 rings (SSSR count). The van der Waals surface area contributed by atoms with Crippen LogP contribution in [0.5, 0.6) is 5.75 Å². The van der Waals surface area contributed by atoms with Gasteiger partial charge in [0.2, 0.25) is 5.91 Å². The van der Waals surface area contributed by atoms with Crippen molar-refractivity contribution in [3.63, 3.8) is 0 Å². The Hall–Kier alpha value is -2.03. The molecule has 1 aromatic rings. The van der Waals surface area contributed by atoms with Crippen molar-refractivity contribution in [1.82, 2.24) is 10.2 Å². The number of halogens is 1. The molecule has 0 unspecified atom stereocenters. The number of hydrogen-bond donors (Lipinski definition) is 1. The van der Waals surface area contributed by atoms with Gasteiger partial charge in [-0.2, -0.15) is 5.26 Å². The lowest BCUT2D eigenvalue weighted by Gasteiger charge is -2.37. The molecule has 0 saturated carbocycles. The molecule has 0 spiro atoms. The second kappa shape index (κ2) is 5.99. The van der Waals surface area contributed by atoms with Gasteiger partial charge in [-0.05, 0) is 38.1 Å². The first-order valence-corrected chi connectivity index (χ1v) is 6.98. The fourth-order valence-electron chi connectivity index (χ4n) is 2.69. The van der Waals surface area contributed by atoms with Crippen LogP contribution in [0.3, 0.4) is 0 Å². The molecule has 116 valence electrons. The Balaban J connectivity index is 0.00000176. The van der Waals surface area contributed by atoms with Gasteiger partial charge in [0.15, 0.2) is 0 Å². The topological polar surface area (TPSA) is 65.4 Å². The number of amides is 1. The second-order valence-electron chi connectivity index (χ2n) is 5.78. The van der Waals surface area contributed by atoms with E-state index in [0.29, 0.717) is 24.4 Å². The molecule has 0 radical (unpaired) electrons. The summed E-state index contributed by atoms with van der Waals surface area (Å²) < 4.78 is 5.94. The number of fused-ring (bicyclic) bond motifs is 1. The fraction of sp³-hybridized carbons (Fsp3) is 0.375. The molecular weight excluding hydrogens is 302 g/mol. The molecule has 2 aliphatic rings. The van der Waals surface area contributed by atoms with Gasteiger partial charge < -0.3 is 15.0 Å². The van der Waals surface area contributed by atoms with Crippen LogP contribution in [0.25, 0.3) is 5.70 Å². The number of benzene rings is 1. The fourth-order valence-corrected chi connectivity index (χ4v) is 2.69. The number of nitrogens with zero attached hydrogens (tertiary/aromatic N) is 2. The van der Waals surface area contributed by atoms with E-state index in [-0.39, 0.29) is 18.3 Å². The molecule has 1 saturated heterocycles. The molecule has 2 aliphatic heterocycles. The molecule has 0 atom stereocenters. The summed E-state index contributed by atoms with van der Waals surface area (Å²) in [6.45, 7) is 5.64. The van der Waals surface area contributed by atoms with Gasteiger partial charge in [-0.3, -0.25) is 4.79 Å². The zero-order chi connectivity index (χ0) is 15.0. The molecular formula is C16H18ClN3O2. The van der Waals surface area contributed by atoms with E-state index in [1.165, 1.54) is 0 Å². The van der Waals surface area contributed by atoms with Crippen LogP contribution in [0.2, 0.25) is 0 Å². The average Bonchev–Trinajstić information content (AvgIpc) is 2.46. The van der Waals surface area contributed by atoms with E-state index in [4.69, 9.17) is 10.00 Å². The summed E-state index contributed by atoms with van der Waals surface area (Å²) in [5.74, 6) is 0.751. The molecule has 22 heavy (non-hydrogen) atoms. The Morgan fingerprint density at radius 2 is 2.18 bits per heavy atom. The molecule has 1 N–H and O–H groups in total. The maximum atomic E-state index is 12.2. The van der Waals surface area contributed by atoms with Gasteiger partial charge in [-0.15, -0.1) is 12.4 Å². The molecule has 2 heterocycles. The predicted octanol–water partition coefficient (Wildman–Crippen LogP) is 1.92. The van der Waals surface area contributed by atoms with Crippen LogP contribution in [0.4, 0.5) is 0 Å². The van der Waals surface area contributed by atoms with Gasteiger partial charge in [-0.1, -0.05) is 0 Å². The van der Waals surface area contributed by atoms with E-state index in [0.717, 1.165) is 17.8 Å². The SMILES string of the molecule is CC1(C)C=C(N2CCNCC2=O)c2cc(C#N)ccc2O1.Cl. The van der Waals surface area contributed by atoms with Gasteiger partial charge in [0, 0.05) is 18.7 Å². The third-order valence-corrected chi connectivity index (χ3v) is 3.62. The standard InChI is InChI=1S/C16H17N3O2.ClH/c1-16(2)8-13(19-6-5-18-10-15(19)20)12-7-11(9-17)3-4-14(12)21-16;/h3-4,7-8,18H,5-6,10H2,1-2H3;1H. The summed E-state index contributed by atoms with van der Waals surface area (Å²) in [4.78, 5) is 14.0. The number of ether oxygens (including phenoxy) is 1. The molecule has 0 aliphatic carbocycles. The highest BCUT2D eigenvalue weighted by Gasteiger charge is 2.32. The Bertz CT molecular complexity index is 676. The second-order valence-corrected chi connectivity index (χ2v) is 5.78. The van der Waals surface area contributed by atoms with Crippen molar-refractivity contribution < 1.29 is 9.53 Å². The number of carbonyl (C=O) groups excluding carboxylic acids is 1. The minimum absolute atomic E-state index is 0. The van der Waals surface area contributed by atoms with Gasteiger partial charge in [0.05, 0.1) is 23.9 Å². The van der Waals surface area contributed by atoms with Crippen molar-refractivity contribution in [2.24, 2.45) is 0 Å². The van der Waals surface area contributed by atoms with E-state index in [1.54, 1.807) is 23.1 Å². The summed E-state index contributed by atoms with van der Waals surface area (Å²) in [5, 5.41) is 12.2. The van der Waals surface area contributed by atoms with E-state index in [9.17, 15) is 4.79 Å². The first-order valence-electron chi connectivity index (χ1n) is 6.98. The summed E-state index contributed by atoms with van der Waals surface area (Å²) in [5.41, 5.74) is 1.72. The zero-order valence-electron chi connectivity index (χ0n) is 12.5. The van der Waals surface area contributed by atoms with Crippen LogP contribution >= 0.6 is 12.4 Å². The number of nitrogens with one attached hydrogen (secondary N) is 1. The normalized spacial score (nSPS) is 19.2. The first kappa shape index (κ1) is 16.3. The molecule has 1 amide bonds. The van der Waals surface area contributed by atoms with E-state index in [2.05, 4.69) is 11.4 Å². The monoisotopic (exact) mass is 319 g/mol. The van der Waals surface area contributed by atoms with Crippen molar-refractivity contribution in [2.45, 2.75) is 19.4 Å². The van der Waals surface area contributed by atoms with Crippen molar-refractivity contribution in [3.8, 4) is 11.8 Å². The lowest BCUT2D eigenvalue weighted by Crippen LogP contribution is -2.48. The number of nitriles is 1. The quantitative estimate of drug-likeness (QED) is 0.859. The third-order valence-electron chi connectivity index (χ3n) is 3.62. The van der Waals surface area contributed by atoms with Crippen molar-refractivity contribution in [2.75, 3.05) is 19.6 Å². The number of piperazine rings is 1. The number of hydrogen-bond acceptors (Lipinski definition) is 4. The Morgan fingerprint density at radius 3 is 2.86 bits per heavy atom. The number of rotatable bonds is 1. The van der Waals surface area contributed by atoms with Crippen LogP contribution in [0.15, 0.2) is 24.3 Å². The van der Waals surface area contributed by atoms with Gasteiger partial charge in [0.1, 0.15) is 11.4 Å². The van der Waals surface area contributed by atoms with Crippen molar-refractivity contribution >= 4 is 24.0 Å². The predicted molar refractivity (Wildman–Crippen MR) is 85.7 cm³/mol. The molecule has 6 heteroatoms. The highest BCUT2D eigenvalue weighted by molar-refractivity contribution is 5.90. The molecule has 1 fully saturated rings. The Labute approximate surface area is 136 Å². The minimum Gasteiger partial charge on any atom is -0.483 e. The summed E-state index contributed by atoms with van der Waals surface area (Å²) in [6.07, 6.45) is 1.96. The smallest absolute Gasteiger partial charge is 0.240 e. The maximum Gasteiger partial charge on any atom is 0.240 e. The number of carbonyl (C=O) groups is 1. The van der Waals surface area contributed by atoms with E-state index >= 15 is 0 Å². The van der Waals surface area contributed by atoms with Crippen molar-refractivity contribution in [1.29, 1.82) is 5.26 Å². The van der Waals surface area contributed by atoms with Crippen LogP contribution in [-0.4, -0.2) is 36.0 Å². The van der Waals surface area contributed by atoms with E-state index in [1.807, 2.05) is 19.9 Å². The molecule has 5 nitrogen and oxygen atoms in total. The maximum absolute atomic E-state index is 12.2. The van der Waals surface area contributed by atoms with Crippen molar-refractivity contribution in [3.05, 3.63) is 35.4 Å².